The average Bonchev–Trinajstić information content (AvgIpc) is 2.04. The monoisotopic (exact) mass is 213 g/mol. The topological polar surface area (TPSA) is 37.4 Å². The second kappa shape index (κ2) is 4.32. The number of hydrogen-bond donors (Lipinski definition) is 0. The van der Waals surface area contributed by atoms with Gasteiger partial charge >= 0.3 is 10.4 Å². The number of hydrogen-bond acceptors (Lipinski definition) is 2. The molecule has 0 N–H and O–H groups in total. The molecule has 78 valence electrons. The van der Waals surface area contributed by atoms with E-state index in [-0.39, 0.29) is 25.7 Å². The quantitative estimate of drug-likeness (QED) is 0.662. The lowest BCUT2D eigenvalue weighted by molar-refractivity contribution is 0.241. The minimum absolute atomic E-state index is 0.184. The number of halogens is 2. The molecule has 0 aromatic rings. The highest BCUT2D eigenvalue weighted by molar-refractivity contribution is 7.83. The van der Waals surface area contributed by atoms with Gasteiger partial charge in [0.1, 0.15) is 0 Å². The molecule has 0 saturated carbocycles. The molecular formula is C7H13F2NO2S. The molecule has 0 radical (unpaired) electrons. The normalized spacial score (nSPS) is 22.0. The third-order valence-electron chi connectivity index (χ3n) is 2.40. The van der Waals surface area contributed by atoms with Gasteiger partial charge in [0.05, 0.1) is 6.67 Å². The van der Waals surface area contributed by atoms with Crippen LogP contribution in [0.1, 0.15) is 19.3 Å². The van der Waals surface area contributed by atoms with Gasteiger partial charge in [-0.3, -0.25) is 4.39 Å². The highest BCUT2D eigenvalue weighted by atomic mass is 32.3. The Morgan fingerprint density at radius 2 is 1.85 bits per heavy atom. The summed E-state index contributed by atoms with van der Waals surface area (Å²) in [5.74, 6) is 0.211. The average molecular weight is 213 g/mol. The summed E-state index contributed by atoms with van der Waals surface area (Å²) in [5, 5.41) is 0. The first kappa shape index (κ1) is 10.8. The molecule has 0 aromatic heterocycles. The van der Waals surface area contributed by atoms with Gasteiger partial charge in [0.2, 0.25) is 0 Å². The van der Waals surface area contributed by atoms with Crippen molar-refractivity contribution in [3.8, 4) is 0 Å². The summed E-state index contributed by atoms with van der Waals surface area (Å²) < 4.78 is 46.0. The summed E-state index contributed by atoms with van der Waals surface area (Å²) in [7, 11) is -4.52. The molecule has 0 atom stereocenters. The molecule has 0 aromatic carbocycles. The summed E-state index contributed by atoms with van der Waals surface area (Å²) in [6.07, 6.45) is 1.58. The molecule has 1 aliphatic rings. The summed E-state index contributed by atoms with van der Waals surface area (Å²) in [5.41, 5.74) is 0. The van der Waals surface area contributed by atoms with Crippen LogP contribution in [-0.4, -0.2) is 32.5 Å². The van der Waals surface area contributed by atoms with Gasteiger partial charge in [-0.2, -0.15) is 12.7 Å². The third-order valence-corrected chi connectivity index (χ3v) is 3.38. The van der Waals surface area contributed by atoms with Crippen LogP contribution in [0.3, 0.4) is 0 Å². The molecule has 0 spiro atoms. The minimum atomic E-state index is -4.52. The van der Waals surface area contributed by atoms with Crippen molar-refractivity contribution in [2.45, 2.75) is 19.3 Å². The zero-order valence-corrected chi connectivity index (χ0v) is 8.06. The van der Waals surface area contributed by atoms with Crippen LogP contribution in [-0.2, 0) is 10.4 Å². The predicted octanol–water partition coefficient (Wildman–Crippen LogP) is 1.27. The Morgan fingerprint density at radius 3 is 2.23 bits per heavy atom. The molecule has 13 heavy (non-hydrogen) atoms. The Labute approximate surface area is 77.1 Å². The van der Waals surface area contributed by atoms with Gasteiger partial charge in [0.25, 0.3) is 0 Å². The van der Waals surface area contributed by atoms with Crippen LogP contribution in [0, 0.1) is 5.92 Å². The summed E-state index contributed by atoms with van der Waals surface area (Å²) in [4.78, 5) is 0. The van der Waals surface area contributed by atoms with Gasteiger partial charge < -0.3 is 0 Å². The Morgan fingerprint density at radius 1 is 1.31 bits per heavy atom. The number of alkyl halides is 1. The van der Waals surface area contributed by atoms with Crippen molar-refractivity contribution in [1.29, 1.82) is 0 Å². The van der Waals surface area contributed by atoms with E-state index in [0.717, 1.165) is 4.31 Å². The van der Waals surface area contributed by atoms with E-state index in [4.69, 9.17) is 0 Å². The number of piperidine rings is 1. The van der Waals surface area contributed by atoms with E-state index in [0.29, 0.717) is 19.3 Å². The maximum absolute atomic E-state index is 12.4. The van der Waals surface area contributed by atoms with Crippen LogP contribution in [0.25, 0.3) is 0 Å². The van der Waals surface area contributed by atoms with E-state index in [1.54, 1.807) is 0 Å². The maximum atomic E-state index is 12.4. The van der Waals surface area contributed by atoms with E-state index < -0.39 is 10.4 Å². The van der Waals surface area contributed by atoms with Crippen molar-refractivity contribution >= 4 is 10.4 Å². The first-order valence-electron chi connectivity index (χ1n) is 4.29. The van der Waals surface area contributed by atoms with Crippen LogP contribution in [0.4, 0.5) is 8.28 Å². The lowest BCUT2D eigenvalue weighted by atomic mass is 9.95. The van der Waals surface area contributed by atoms with Crippen LogP contribution >= 0.6 is 0 Å². The fourth-order valence-corrected chi connectivity index (χ4v) is 2.22. The van der Waals surface area contributed by atoms with E-state index in [9.17, 15) is 16.7 Å². The van der Waals surface area contributed by atoms with Crippen molar-refractivity contribution in [1.82, 2.24) is 4.31 Å². The molecule has 0 amide bonds. The van der Waals surface area contributed by atoms with Crippen LogP contribution < -0.4 is 0 Å². The smallest absolute Gasteiger partial charge is 0.251 e. The molecule has 0 aliphatic carbocycles. The molecule has 1 rings (SSSR count). The lowest BCUT2D eigenvalue weighted by Crippen LogP contribution is -2.36. The third kappa shape index (κ3) is 3.19. The van der Waals surface area contributed by atoms with Crippen LogP contribution in [0.2, 0.25) is 0 Å². The Kier molecular flexibility index (Phi) is 3.61. The standard InChI is InChI=1S/C7H13F2NO2S/c8-4-1-7-2-5-10(6-3-7)13(9,11)12/h7H,1-6H2. The molecule has 3 nitrogen and oxygen atoms in total. The van der Waals surface area contributed by atoms with Crippen LogP contribution in [0.5, 0.6) is 0 Å². The van der Waals surface area contributed by atoms with Crippen molar-refractivity contribution in [2.24, 2.45) is 5.92 Å². The van der Waals surface area contributed by atoms with Crippen LogP contribution in [0.15, 0.2) is 0 Å². The van der Waals surface area contributed by atoms with Gasteiger partial charge in [0.15, 0.2) is 0 Å². The predicted molar refractivity (Wildman–Crippen MR) is 44.9 cm³/mol. The second-order valence-corrected chi connectivity index (χ2v) is 4.60. The van der Waals surface area contributed by atoms with Gasteiger partial charge in [-0.15, -0.1) is 0 Å². The number of rotatable bonds is 3. The molecule has 0 unspecified atom stereocenters. The van der Waals surface area contributed by atoms with Gasteiger partial charge in [-0.05, 0) is 25.2 Å². The summed E-state index contributed by atoms with van der Waals surface area (Å²) >= 11 is 0. The summed E-state index contributed by atoms with van der Waals surface area (Å²) in [6.45, 7) is -0.0138. The largest absolute Gasteiger partial charge is 0.374 e. The first-order valence-corrected chi connectivity index (χ1v) is 5.64. The van der Waals surface area contributed by atoms with E-state index in [2.05, 4.69) is 0 Å². The summed E-state index contributed by atoms with van der Waals surface area (Å²) in [6, 6.07) is 0. The van der Waals surface area contributed by atoms with Gasteiger partial charge in [-0.25, -0.2) is 0 Å². The molecule has 1 heterocycles. The Hall–Kier alpha value is -0.230. The second-order valence-electron chi connectivity index (χ2n) is 3.26. The van der Waals surface area contributed by atoms with E-state index >= 15 is 0 Å². The van der Waals surface area contributed by atoms with Gasteiger partial charge in [0, 0.05) is 13.1 Å². The lowest BCUT2D eigenvalue weighted by Gasteiger charge is -2.27. The van der Waals surface area contributed by atoms with Crippen molar-refractivity contribution < 1.29 is 16.7 Å². The van der Waals surface area contributed by atoms with Gasteiger partial charge in [-0.1, -0.05) is 3.89 Å². The molecule has 6 heteroatoms. The van der Waals surface area contributed by atoms with Crippen molar-refractivity contribution in [2.75, 3.05) is 19.8 Å². The highest BCUT2D eigenvalue weighted by Gasteiger charge is 2.27. The van der Waals surface area contributed by atoms with Crippen molar-refractivity contribution in [3.63, 3.8) is 0 Å². The fraction of sp³-hybridized carbons (Fsp3) is 1.00. The molecule has 1 aliphatic heterocycles. The van der Waals surface area contributed by atoms with E-state index in [1.807, 2.05) is 0 Å². The van der Waals surface area contributed by atoms with E-state index in [1.165, 1.54) is 0 Å². The fourth-order valence-electron chi connectivity index (χ4n) is 1.57. The molecule has 1 saturated heterocycles. The number of nitrogens with zero attached hydrogens (tertiary/aromatic N) is 1. The molecule has 0 bridgehead atoms. The SMILES string of the molecule is O=S(=O)(F)N1CCC(CCF)CC1. The zero-order chi connectivity index (χ0) is 9.90. The Balaban J connectivity index is 2.39. The first-order chi connectivity index (χ1) is 6.04. The molecular weight excluding hydrogens is 200 g/mol. The van der Waals surface area contributed by atoms with Crippen molar-refractivity contribution in [3.05, 3.63) is 0 Å². The maximum Gasteiger partial charge on any atom is 0.374 e. The zero-order valence-electron chi connectivity index (χ0n) is 7.25. The minimum Gasteiger partial charge on any atom is -0.251 e. The highest BCUT2D eigenvalue weighted by Crippen LogP contribution is 2.22. The molecule has 1 fully saturated rings. The Bertz CT molecular complexity index is 247.